The summed E-state index contributed by atoms with van der Waals surface area (Å²) < 4.78 is 21.8. The van der Waals surface area contributed by atoms with E-state index in [1.54, 1.807) is 0 Å². The van der Waals surface area contributed by atoms with E-state index in [-0.39, 0.29) is 19.4 Å². The van der Waals surface area contributed by atoms with Crippen molar-refractivity contribution in [3.63, 3.8) is 0 Å². The summed E-state index contributed by atoms with van der Waals surface area (Å²) >= 11 is 0. The van der Waals surface area contributed by atoms with Crippen LogP contribution in [0.1, 0.15) is 232 Å². The molecule has 1 fully saturated rings. The first-order chi connectivity index (χ1) is 30.2. The van der Waals surface area contributed by atoms with Crippen molar-refractivity contribution in [1.82, 2.24) is 0 Å². The number of aliphatic carboxylic acids is 1. The van der Waals surface area contributed by atoms with Crippen LogP contribution in [0.2, 0.25) is 0 Å². The summed E-state index contributed by atoms with van der Waals surface area (Å²) in [6.45, 7) is 3.82. The number of carboxylic acid groups (broad SMARTS) is 1. The van der Waals surface area contributed by atoms with Crippen molar-refractivity contribution in [1.29, 1.82) is 0 Å². The predicted molar refractivity (Wildman–Crippen MR) is 248 cm³/mol. The third-order valence-corrected chi connectivity index (χ3v) is 11.8. The van der Waals surface area contributed by atoms with Gasteiger partial charge in [-0.15, -0.1) is 0 Å². The molecule has 0 aliphatic carbocycles. The van der Waals surface area contributed by atoms with Gasteiger partial charge >= 0.3 is 17.9 Å². The molecule has 4 N–H and O–H groups in total. The second-order valence-electron chi connectivity index (χ2n) is 17.7. The van der Waals surface area contributed by atoms with Crippen LogP contribution in [0.15, 0.2) is 24.3 Å². The highest BCUT2D eigenvalue weighted by atomic mass is 16.7. The summed E-state index contributed by atoms with van der Waals surface area (Å²) in [6.07, 6.45) is 38.0. The van der Waals surface area contributed by atoms with Crippen LogP contribution in [0.3, 0.4) is 0 Å². The summed E-state index contributed by atoms with van der Waals surface area (Å²) in [7, 11) is 0. The molecule has 0 aromatic rings. The van der Waals surface area contributed by atoms with E-state index in [0.717, 1.165) is 57.8 Å². The number of allylic oxidation sites excluding steroid dienone is 4. The Kier molecular flexibility index (Phi) is 38.5. The summed E-state index contributed by atoms with van der Waals surface area (Å²) in [5, 5.41) is 39.9. The number of carbonyl (C=O) groups excluding carboxylic acids is 2. The lowest BCUT2D eigenvalue weighted by Crippen LogP contribution is -2.60. The van der Waals surface area contributed by atoms with Crippen molar-refractivity contribution in [2.75, 3.05) is 13.2 Å². The highest BCUT2D eigenvalue weighted by Gasteiger charge is 2.47. The molecule has 1 heterocycles. The number of esters is 2. The van der Waals surface area contributed by atoms with Gasteiger partial charge in [0.2, 0.25) is 0 Å². The van der Waals surface area contributed by atoms with Crippen LogP contribution in [0, 0.1) is 0 Å². The van der Waals surface area contributed by atoms with Crippen molar-refractivity contribution in [2.45, 2.75) is 269 Å². The Morgan fingerprint density at radius 2 is 0.855 bits per heavy atom. The fraction of sp³-hybridized carbons (Fsp3) is 0.863. The molecule has 0 spiro atoms. The van der Waals surface area contributed by atoms with E-state index in [2.05, 4.69) is 38.2 Å². The maximum atomic E-state index is 12.8. The second-order valence-corrected chi connectivity index (χ2v) is 17.7. The molecule has 1 aliphatic heterocycles. The van der Waals surface area contributed by atoms with Crippen LogP contribution in [0.4, 0.5) is 0 Å². The normalized spacial score (nSPS) is 19.7. The minimum atomic E-state index is -1.86. The Bertz CT molecular complexity index is 1130. The van der Waals surface area contributed by atoms with E-state index < -0.39 is 61.3 Å². The molecule has 0 amide bonds. The number of ether oxygens (including phenoxy) is 4. The average Bonchev–Trinajstić information content (AvgIpc) is 3.26. The van der Waals surface area contributed by atoms with Gasteiger partial charge in [0.15, 0.2) is 18.5 Å². The molecule has 11 heteroatoms. The van der Waals surface area contributed by atoms with Gasteiger partial charge in [0.1, 0.15) is 24.9 Å². The molecule has 6 atom stereocenters. The molecule has 1 aliphatic rings. The topological polar surface area (TPSA) is 169 Å². The SMILES string of the molecule is CCCCCCCC/C=C\CCCCCCCC(=O)OC(COC(=O)CCCCCCCCCCC/C=C\CCCCCCCCCC)COC1OC(C(=O)O)C(O)C(O)C1O. The quantitative estimate of drug-likeness (QED) is 0.0261. The van der Waals surface area contributed by atoms with Crippen LogP contribution < -0.4 is 0 Å². The molecule has 0 radical (unpaired) electrons. The van der Waals surface area contributed by atoms with Crippen LogP contribution in [0.5, 0.6) is 0 Å². The van der Waals surface area contributed by atoms with Gasteiger partial charge in [-0.1, -0.05) is 179 Å². The molecule has 6 unspecified atom stereocenters. The van der Waals surface area contributed by atoms with Crippen LogP contribution in [0.25, 0.3) is 0 Å². The third kappa shape index (κ3) is 32.4. The minimum absolute atomic E-state index is 0.175. The number of aliphatic hydroxyl groups is 3. The monoisotopic (exact) mass is 881 g/mol. The number of carbonyl (C=O) groups is 3. The van der Waals surface area contributed by atoms with Gasteiger partial charge in [-0.2, -0.15) is 0 Å². The number of hydrogen-bond donors (Lipinski definition) is 4. The molecule has 1 rings (SSSR count). The zero-order chi connectivity index (χ0) is 45.3. The van der Waals surface area contributed by atoms with E-state index in [1.165, 1.54) is 135 Å². The summed E-state index contributed by atoms with van der Waals surface area (Å²) in [5.74, 6) is -2.45. The Hall–Kier alpha value is -2.31. The maximum absolute atomic E-state index is 12.8. The molecule has 0 aromatic carbocycles. The Labute approximate surface area is 377 Å². The molecule has 0 bridgehead atoms. The van der Waals surface area contributed by atoms with Crippen molar-refractivity contribution < 1.29 is 53.8 Å². The van der Waals surface area contributed by atoms with Crippen LogP contribution in [-0.4, -0.2) is 88.4 Å². The lowest BCUT2D eigenvalue weighted by atomic mass is 9.99. The number of rotatable bonds is 43. The van der Waals surface area contributed by atoms with Gasteiger partial charge in [-0.3, -0.25) is 9.59 Å². The Balaban J connectivity index is 2.29. The molecule has 1 saturated heterocycles. The smallest absolute Gasteiger partial charge is 0.335 e. The number of aliphatic hydroxyl groups excluding tert-OH is 3. The number of carboxylic acids is 1. The van der Waals surface area contributed by atoms with Crippen LogP contribution >= 0.6 is 0 Å². The standard InChI is InChI=1S/C51H92O11/c1-3-5-7-9-11-13-15-17-19-20-21-22-23-24-26-27-29-31-33-35-37-39-44(52)59-41-43(42-60-51-48(56)46(54)47(55)49(62-51)50(57)58)61-45(53)40-38-36-34-32-30-28-25-18-16-14-12-10-8-6-4-2/h18,20-21,25,43,46-49,51,54-56H,3-17,19,22-24,26-42H2,1-2H3,(H,57,58)/b21-20-,25-18-. The minimum Gasteiger partial charge on any atom is -0.479 e. The lowest BCUT2D eigenvalue weighted by molar-refractivity contribution is -0.298. The third-order valence-electron chi connectivity index (χ3n) is 11.8. The van der Waals surface area contributed by atoms with Crippen LogP contribution in [-0.2, 0) is 33.3 Å². The van der Waals surface area contributed by atoms with Crippen molar-refractivity contribution in [2.24, 2.45) is 0 Å². The van der Waals surface area contributed by atoms with E-state index in [9.17, 15) is 34.8 Å². The Morgan fingerprint density at radius 3 is 1.26 bits per heavy atom. The molecule has 0 saturated carbocycles. The van der Waals surface area contributed by atoms with E-state index >= 15 is 0 Å². The maximum Gasteiger partial charge on any atom is 0.335 e. The van der Waals surface area contributed by atoms with Crippen molar-refractivity contribution in [3.05, 3.63) is 24.3 Å². The zero-order valence-corrected chi connectivity index (χ0v) is 39.4. The summed E-state index contributed by atoms with van der Waals surface area (Å²) in [6, 6.07) is 0. The van der Waals surface area contributed by atoms with Gasteiger partial charge in [0, 0.05) is 12.8 Å². The molecular weight excluding hydrogens is 789 g/mol. The predicted octanol–water partition coefficient (Wildman–Crippen LogP) is 11.8. The summed E-state index contributed by atoms with van der Waals surface area (Å²) in [4.78, 5) is 36.9. The van der Waals surface area contributed by atoms with Gasteiger partial charge < -0.3 is 39.4 Å². The van der Waals surface area contributed by atoms with Crippen molar-refractivity contribution in [3.8, 4) is 0 Å². The molecule has 11 nitrogen and oxygen atoms in total. The van der Waals surface area contributed by atoms with Gasteiger partial charge in [-0.05, 0) is 64.2 Å². The highest BCUT2D eigenvalue weighted by Crippen LogP contribution is 2.23. The van der Waals surface area contributed by atoms with E-state index in [4.69, 9.17) is 18.9 Å². The molecular formula is C51H92O11. The van der Waals surface area contributed by atoms with Gasteiger partial charge in [0.25, 0.3) is 0 Å². The highest BCUT2D eigenvalue weighted by molar-refractivity contribution is 5.73. The second kappa shape index (κ2) is 41.4. The first-order valence-corrected chi connectivity index (χ1v) is 25.4. The summed E-state index contributed by atoms with van der Waals surface area (Å²) in [5.41, 5.74) is 0. The Morgan fingerprint density at radius 1 is 0.484 bits per heavy atom. The van der Waals surface area contributed by atoms with Gasteiger partial charge in [-0.25, -0.2) is 4.79 Å². The molecule has 0 aromatic heterocycles. The van der Waals surface area contributed by atoms with Crippen molar-refractivity contribution >= 4 is 17.9 Å². The molecule has 62 heavy (non-hydrogen) atoms. The number of unbranched alkanes of at least 4 members (excludes halogenated alkanes) is 28. The first-order valence-electron chi connectivity index (χ1n) is 25.4. The largest absolute Gasteiger partial charge is 0.479 e. The average molecular weight is 881 g/mol. The van der Waals surface area contributed by atoms with E-state index in [0.29, 0.717) is 12.8 Å². The fourth-order valence-corrected chi connectivity index (χ4v) is 7.75. The fourth-order valence-electron chi connectivity index (χ4n) is 7.75. The lowest BCUT2D eigenvalue weighted by Gasteiger charge is -2.38. The molecule has 362 valence electrons. The first kappa shape index (κ1) is 57.7. The zero-order valence-electron chi connectivity index (χ0n) is 39.4. The number of hydrogen-bond acceptors (Lipinski definition) is 10. The van der Waals surface area contributed by atoms with E-state index in [1.807, 2.05) is 0 Å². The van der Waals surface area contributed by atoms with Gasteiger partial charge in [0.05, 0.1) is 6.61 Å².